The average Bonchev–Trinajstić information content (AvgIpc) is 3.10. The van der Waals surface area contributed by atoms with Gasteiger partial charge >= 0.3 is 0 Å². The molecule has 3 aromatic rings. The Hall–Kier alpha value is -2.27. The number of nitrogens with zero attached hydrogens (tertiary/aromatic N) is 6. The zero-order valence-electron chi connectivity index (χ0n) is 19.4. The van der Waals surface area contributed by atoms with Gasteiger partial charge in [0.25, 0.3) is 0 Å². The van der Waals surface area contributed by atoms with Crippen LogP contribution in [0.4, 0.5) is 0 Å². The Morgan fingerprint density at radius 3 is 2.52 bits per heavy atom. The van der Waals surface area contributed by atoms with Crippen molar-refractivity contribution in [1.29, 1.82) is 0 Å². The van der Waals surface area contributed by atoms with Gasteiger partial charge in [-0.25, -0.2) is 22.9 Å². The summed E-state index contributed by atoms with van der Waals surface area (Å²) in [5, 5.41) is 4.96. The van der Waals surface area contributed by atoms with Crippen LogP contribution in [-0.2, 0) is 16.4 Å². The first-order valence-electron chi connectivity index (χ1n) is 11.1. The van der Waals surface area contributed by atoms with Gasteiger partial charge in [-0.15, -0.1) is 5.10 Å². The number of likely N-dealkylation sites (N-methyl/N-ethyl adjacent to an activating group) is 1. The number of aryl methyl sites for hydroxylation is 2. The van der Waals surface area contributed by atoms with E-state index >= 15 is 0 Å². The molecule has 0 atom stereocenters. The molecule has 3 heterocycles. The lowest BCUT2D eigenvalue weighted by Crippen LogP contribution is -2.47. The van der Waals surface area contributed by atoms with Crippen LogP contribution in [-0.4, -0.2) is 77.0 Å². The van der Waals surface area contributed by atoms with Crippen molar-refractivity contribution in [1.82, 2.24) is 28.8 Å². The van der Waals surface area contributed by atoms with Crippen LogP contribution in [0.2, 0.25) is 5.15 Å². The lowest BCUT2D eigenvalue weighted by Gasteiger charge is -2.31. The molecule has 33 heavy (non-hydrogen) atoms. The number of benzene rings is 1. The zero-order valence-corrected chi connectivity index (χ0v) is 20.9. The third kappa shape index (κ3) is 4.57. The quantitative estimate of drug-likeness (QED) is 0.500. The SMILES string of the molecule is CCCc1nc(C)c2c(Cl)nc(-c3cc(S(=O)(=O)N4CCN(C)CC4)ccc3OCC)nn12. The van der Waals surface area contributed by atoms with Crippen LogP contribution in [0.1, 0.15) is 31.8 Å². The van der Waals surface area contributed by atoms with Gasteiger partial charge in [-0.1, -0.05) is 18.5 Å². The molecule has 0 saturated carbocycles. The van der Waals surface area contributed by atoms with E-state index in [1.807, 2.05) is 20.9 Å². The third-order valence-corrected chi connectivity index (χ3v) is 7.91. The normalized spacial score (nSPS) is 15.9. The fourth-order valence-electron chi connectivity index (χ4n) is 3.99. The zero-order chi connectivity index (χ0) is 23.8. The number of piperazine rings is 1. The predicted octanol–water partition coefficient (Wildman–Crippen LogP) is 3.04. The van der Waals surface area contributed by atoms with E-state index in [0.717, 1.165) is 24.4 Å². The number of imidazole rings is 1. The smallest absolute Gasteiger partial charge is 0.243 e. The lowest BCUT2D eigenvalue weighted by molar-refractivity contribution is 0.222. The van der Waals surface area contributed by atoms with E-state index in [0.29, 0.717) is 55.4 Å². The molecule has 0 radical (unpaired) electrons. The first-order chi connectivity index (χ1) is 15.8. The molecule has 1 aliphatic heterocycles. The van der Waals surface area contributed by atoms with Gasteiger partial charge in [0.2, 0.25) is 10.0 Å². The molecule has 0 bridgehead atoms. The maximum atomic E-state index is 13.4. The minimum absolute atomic E-state index is 0.181. The first-order valence-corrected chi connectivity index (χ1v) is 13.0. The highest BCUT2D eigenvalue weighted by molar-refractivity contribution is 7.89. The number of hydrogen-bond acceptors (Lipinski definition) is 7. The second kappa shape index (κ2) is 9.54. The molecule has 178 valence electrons. The Kier molecular flexibility index (Phi) is 6.90. The molecular formula is C22H29ClN6O3S. The Bertz CT molecular complexity index is 1270. The average molecular weight is 493 g/mol. The summed E-state index contributed by atoms with van der Waals surface area (Å²) in [6.07, 6.45) is 1.64. The van der Waals surface area contributed by atoms with Crippen LogP contribution in [0, 0.1) is 6.92 Å². The van der Waals surface area contributed by atoms with E-state index in [-0.39, 0.29) is 10.0 Å². The molecule has 0 amide bonds. The van der Waals surface area contributed by atoms with E-state index in [1.54, 1.807) is 22.7 Å². The van der Waals surface area contributed by atoms with Crippen molar-refractivity contribution < 1.29 is 13.2 Å². The summed E-state index contributed by atoms with van der Waals surface area (Å²) in [5.74, 6) is 1.58. The molecule has 11 heteroatoms. The van der Waals surface area contributed by atoms with Gasteiger partial charge in [-0.3, -0.25) is 0 Å². The summed E-state index contributed by atoms with van der Waals surface area (Å²) in [6, 6.07) is 4.82. The molecule has 0 unspecified atom stereocenters. The third-order valence-electron chi connectivity index (χ3n) is 5.76. The Labute approximate surface area is 199 Å². The molecule has 0 N–H and O–H groups in total. The van der Waals surface area contributed by atoms with Crippen molar-refractivity contribution in [2.24, 2.45) is 0 Å². The second-order valence-electron chi connectivity index (χ2n) is 8.15. The Morgan fingerprint density at radius 2 is 1.85 bits per heavy atom. The van der Waals surface area contributed by atoms with Crippen LogP contribution in [0.15, 0.2) is 23.1 Å². The molecule has 0 aliphatic carbocycles. The number of halogens is 1. The highest BCUT2D eigenvalue weighted by Gasteiger charge is 2.29. The Balaban J connectivity index is 1.84. The number of fused-ring (bicyclic) bond motifs is 1. The maximum Gasteiger partial charge on any atom is 0.243 e. The predicted molar refractivity (Wildman–Crippen MR) is 127 cm³/mol. The van der Waals surface area contributed by atoms with E-state index in [1.165, 1.54) is 4.31 Å². The molecule has 1 saturated heterocycles. The standard InChI is InChI=1S/C22H29ClN6O3S/c1-5-7-19-24-15(3)20-21(23)25-22(26-29(19)20)17-14-16(8-9-18(17)32-6-2)33(30,31)28-12-10-27(4)11-13-28/h8-9,14H,5-7,10-13H2,1-4H3. The van der Waals surface area contributed by atoms with Gasteiger partial charge in [-0.05, 0) is 45.5 Å². The lowest BCUT2D eigenvalue weighted by atomic mass is 10.2. The largest absolute Gasteiger partial charge is 0.493 e. The van der Waals surface area contributed by atoms with Crippen LogP contribution >= 0.6 is 11.6 Å². The molecule has 4 rings (SSSR count). The Morgan fingerprint density at radius 1 is 1.12 bits per heavy atom. The molecule has 1 fully saturated rings. The fourth-order valence-corrected chi connectivity index (χ4v) is 5.73. The minimum Gasteiger partial charge on any atom is -0.493 e. The van der Waals surface area contributed by atoms with E-state index < -0.39 is 10.0 Å². The number of hydrogen-bond donors (Lipinski definition) is 0. The van der Waals surface area contributed by atoms with Gasteiger partial charge < -0.3 is 9.64 Å². The minimum atomic E-state index is -3.67. The highest BCUT2D eigenvalue weighted by atomic mass is 35.5. The van der Waals surface area contributed by atoms with Crippen LogP contribution < -0.4 is 4.74 Å². The maximum absolute atomic E-state index is 13.4. The van der Waals surface area contributed by atoms with E-state index in [9.17, 15) is 8.42 Å². The number of rotatable bonds is 7. The van der Waals surface area contributed by atoms with Crippen molar-refractivity contribution in [3.05, 3.63) is 34.9 Å². The van der Waals surface area contributed by atoms with Gasteiger partial charge in [-0.2, -0.15) is 4.31 Å². The van der Waals surface area contributed by atoms with Crippen LogP contribution in [0.3, 0.4) is 0 Å². The molecule has 1 aromatic carbocycles. The molecular weight excluding hydrogens is 464 g/mol. The highest BCUT2D eigenvalue weighted by Crippen LogP contribution is 2.33. The summed E-state index contributed by atoms with van der Waals surface area (Å²) in [6.45, 7) is 8.51. The molecule has 9 nitrogen and oxygen atoms in total. The molecule has 1 aliphatic rings. The number of aromatic nitrogens is 4. The van der Waals surface area contributed by atoms with Crippen molar-refractivity contribution in [2.75, 3.05) is 39.8 Å². The monoisotopic (exact) mass is 492 g/mol. The van der Waals surface area contributed by atoms with Crippen molar-refractivity contribution >= 4 is 27.1 Å². The van der Waals surface area contributed by atoms with E-state index in [2.05, 4.69) is 21.8 Å². The molecule has 2 aromatic heterocycles. The van der Waals surface area contributed by atoms with Crippen molar-refractivity contribution in [3.8, 4) is 17.1 Å². The van der Waals surface area contributed by atoms with Gasteiger partial charge in [0.15, 0.2) is 11.0 Å². The first kappa shape index (κ1) is 23.9. The van der Waals surface area contributed by atoms with Crippen LogP contribution in [0.5, 0.6) is 5.75 Å². The van der Waals surface area contributed by atoms with Crippen molar-refractivity contribution in [3.63, 3.8) is 0 Å². The summed E-state index contributed by atoms with van der Waals surface area (Å²) in [5.41, 5.74) is 1.89. The van der Waals surface area contributed by atoms with Gasteiger partial charge in [0.1, 0.15) is 17.1 Å². The number of ether oxygens (including phenoxy) is 1. The number of sulfonamides is 1. The topological polar surface area (TPSA) is 92.9 Å². The molecule has 0 spiro atoms. The summed E-state index contributed by atoms with van der Waals surface area (Å²) >= 11 is 6.54. The van der Waals surface area contributed by atoms with Gasteiger partial charge in [0, 0.05) is 32.6 Å². The summed E-state index contributed by atoms with van der Waals surface area (Å²) in [7, 11) is -1.68. The van der Waals surface area contributed by atoms with Crippen LogP contribution in [0.25, 0.3) is 16.9 Å². The second-order valence-corrected chi connectivity index (χ2v) is 10.4. The van der Waals surface area contributed by atoms with Crippen molar-refractivity contribution in [2.45, 2.75) is 38.5 Å². The summed E-state index contributed by atoms with van der Waals surface area (Å²) < 4.78 is 35.7. The fraction of sp³-hybridized carbons (Fsp3) is 0.500. The van der Waals surface area contributed by atoms with Gasteiger partial charge in [0.05, 0.1) is 22.8 Å². The summed E-state index contributed by atoms with van der Waals surface area (Å²) in [4.78, 5) is 11.4. The van der Waals surface area contributed by atoms with E-state index in [4.69, 9.17) is 21.4 Å².